The van der Waals surface area contributed by atoms with Crippen molar-refractivity contribution in [1.29, 1.82) is 0 Å². The Morgan fingerprint density at radius 3 is 2.70 bits per heavy atom. The number of benzene rings is 1. The molecule has 0 radical (unpaired) electrons. The first-order valence-electron chi connectivity index (χ1n) is 6.52. The summed E-state index contributed by atoms with van der Waals surface area (Å²) in [5.74, 6) is -0.169. The van der Waals surface area contributed by atoms with Crippen molar-refractivity contribution < 1.29 is 9.13 Å². The van der Waals surface area contributed by atoms with Crippen LogP contribution in [0.1, 0.15) is 13.3 Å². The number of hydrogen-bond acceptors (Lipinski definition) is 4. The zero-order valence-electron chi connectivity index (χ0n) is 11.6. The van der Waals surface area contributed by atoms with Crippen LogP contribution >= 0.6 is 0 Å². The number of pyridine rings is 1. The summed E-state index contributed by atoms with van der Waals surface area (Å²) >= 11 is 0. The van der Waals surface area contributed by atoms with E-state index in [4.69, 9.17) is 4.74 Å². The number of nitrogens with zero attached hydrogens (tertiary/aromatic N) is 1. The van der Waals surface area contributed by atoms with E-state index in [9.17, 15) is 4.39 Å². The van der Waals surface area contributed by atoms with E-state index >= 15 is 0 Å². The van der Waals surface area contributed by atoms with E-state index in [1.165, 1.54) is 13.2 Å². The predicted molar refractivity (Wildman–Crippen MR) is 79.3 cm³/mol. The van der Waals surface area contributed by atoms with Gasteiger partial charge in [-0.25, -0.2) is 4.39 Å². The zero-order valence-corrected chi connectivity index (χ0v) is 11.6. The van der Waals surface area contributed by atoms with Gasteiger partial charge < -0.3 is 15.4 Å². The van der Waals surface area contributed by atoms with Crippen LogP contribution in [0.3, 0.4) is 0 Å². The molecule has 0 atom stereocenters. The van der Waals surface area contributed by atoms with Gasteiger partial charge in [0.2, 0.25) is 0 Å². The van der Waals surface area contributed by atoms with E-state index in [1.54, 1.807) is 24.5 Å². The lowest BCUT2D eigenvalue weighted by atomic mass is 10.2. The number of nitrogens with one attached hydrogen (secondary N) is 2. The van der Waals surface area contributed by atoms with Gasteiger partial charge in [-0.2, -0.15) is 0 Å². The molecule has 0 fully saturated rings. The third kappa shape index (κ3) is 3.60. The van der Waals surface area contributed by atoms with Crippen molar-refractivity contribution in [3.05, 3.63) is 42.5 Å². The Labute approximate surface area is 118 Å². The molecule has 1 heterocycles. The summed E-state index contributed by atoms with van der Waals surface area (Å²) < 4.78 is 18.3. The topological polar surface area (TPSA) is 46.2 Å². The molecule has 0 aliphatic carbocycles. The molecule has 0 bridgehead atoms. The van der Waals surface area contributed by atoms with Crippen LogP contribution in [-0.2, 0) is 0 Å². The number of aromatic nitrogens is 1. The Bertz CT molecular complexity index is 575. The number of hydrogen-bond donors (Lipinski definition) is 2. The van der Waals surface area contributed by atoms with Gasteiger partial charge in [-0.3, -0.25) is 4.98 Å². The number of methoxy groups -OCH3 is 1. The van der Waals surface area contributed by atoms with Gasteiger partial charge >= 0.3 is 0 Å². The summed E-state index contributed by atoms with van der Waals surface area (Å²) in [6.07, 6.45) is 4.53. The fourth-order valence-electron chi connectivity index (χ4n) is 1.78. The Morgan fingerprint density at radius 1 is 1.15 bits per heavy atom. The number of rotatable bonds is 6. The first kappa shape index (κ1) is 14.1. The predicted octanol–water partition coefficient (Wildman–Crippen LogP) is 3.79. The van der Waals surface area contributed by atoms with Crippen molar-refractivity contribution in [1.82, 2.24) is 4.98 Å². The van der Waals surface area contributed by atoms with Crippen molar-refractivity contribution in [2.45, 2.75) is 13.3 Å². The normalized spacial score (nSPS) is 10.2. The van der Waals surface area contributed by atoms with Crippen LogP contribution in [0, 0.1) is 5.82 Å². The maximum atomic E-state index is 13.3. The lowest BCUT2D eigenvalue weighted by Crippen LogP contribution is -2.01. The van der Waals surface area contributed by atoms with Crippen molar-refractivity contribution in [3.8, 4) is 5.75 Å². The highest BCUT2D eigenvalue weighted by atomic mass is 19.1. The van der Waals surface area contributed by atoms with E-state index in [2.05, 4.69) is 22.5 Å². The monoisotopic (exact) mass is 275 g/mol. The second kappa shape index (κ2) is 6.75. The minimum Gasteiger partial charge on any atom is -0.494 e. The molecule has 0 unspecified atom stereocenters. The molecule has 2 N–H and O–H groups in total. The van der Waals surface area contributed by atoms with E-state index in [-0.39, 0.29) is 11.6 Å². The van der Waals surface area contributed by atoms with E-state index < -0.39 is 0 Å². The van der Waals surface area contributed by atoms with Gasteiger partial charge in [-0.05, 0) is 24.6 Å². The maximum absolute atomic E-state index is 13.3. The van der Waals surface area contributed by atoms with Gasteiger partial charge in [0.05, 0.1) is 30.9 Å². The van der Waals surface area contributed by atoms with Crippen molar-refractivity contribution >= 4 is 17.1 Å². The standard InChI is InChI=1S/C15H18FN3O/c1-3-6-18-12-7-13(10-17-9-12)19-11-4-5-14(16)15(8-11)20-2/h4-5,7-10,18-19H,3,6H2,1-2H3. The van der Waals surface area contributed by atoms with Crippen LogP contribution < -0.4 is 15.4 Å². The molecule has 0 spiro atoms. The van der Waals surface area contributed by atoms with E-state index in [0.29, 0.717) is 0 Å². The highest BCUT2D eigenvalue weighted by molar-refractivity contribution is 5.64. The molecule has 5 heteroatoms. The van der Waals surface area contributed by atoms with Crippen molar-refractivity contribution in [3.63, 3.8) is 0 Å². The van der Waals surface area contributed by atoms with Gasteiger partial charge in [-0.15, -0.1) is 0 Å². The first-order chi connectivity index (χ1) is 9.72. The van der Waals surface area contributed by atoms with Crippen LogP contribution in [0.15, 0.2) is 36.7 Å². The van der Waals surface area contributed by atoms with Gasteiger partial charge in [0.1, 0.15) is 0 Å². The molecule has 1 aromatic heterocycles. The Hall–Kier alpha value is -2.30. The quantitative estimate of drug-likeness (QED) is 0.842. The first-order valence-corrected chi connectivity index (χ1v) is 6.52. The molecule has 0 saturated heterocycles. The zero-order chi connectivity index (χ0) is 14.4. The molecule has 0 saturated carbocycles. The van der Waals surface area contributed by atoms with Crippen LogP contribution in [0.5, 0.6) is 5.75 Å². The molecule has 0 aliphatic rings. The fraction of sp³-hybridized carbons (Fsp3) is 0.267. The SMILES string of the molecule is CCCNc1cncc(Nc2ccc(F)c(OC)c2)c1. The van der Waals surface area contributed by atoms with Crippen molar-refractivity contribution in [2.75, 3.05) is 24.3 Å². The Kier molecular flexibility index (Phi) is 4.76. The lowest BCUT2D eigenvalue weighted by molar-refractivity contribution is 0.387. The van der Waals surface area contributed by atoms with Gasteiger partial charge in [-0.1, -0.05) is 6.92 Å². The molecule has 2 aromatic rings. The summed E-state index contributed by atoms with van der Waals surface area (Å²) in [5, 5.41) is 6.44. The molecule has 20 heavy (non-hydrogen) atoms. The smallest absolute Gasteiger partial charge is 0.165 e. The average Bonchev–Trinajstić information content (AvgIpc) is 2.47. The maximum Gasteiger partial charge on any atom is 0.165 e. The summed E-state index contributed by atoms with van der Waals surface area (Å²) in [4.78, 5) is 4.16. The third-order valence-corrected chi connectivity index (χ3v) is 2.76. The highest BCUT2D eigenvalue weighted by Gasteiger charge is 2.04. The van der Waals surface area contributed by atoms with Gasteiger partial charge in [0.25, 0.3) is 0 Å². The third-order valence-electron chi connectivity index (χ3n) is 2.76. The number of ether oxygens (including phenoxy) is 1. The summed E-state index contributed by atoms with van der Waals surface area (Å²) in [7, 11) is 1.44. The molecular formula is C15H18FN3O. The lowest BCUT2D eigenvalue weighted by Gasteiger charge is -2.10. The minimum atomic E-state index is -0.380. The van der Waals surface area contributed by atoms with Crippen LogP contribution in [0.2, 0.25) is 0 Å². The van der Waals surface area contributed by atoms with E-state index in [1.807, 2.05) is 6.07 Å². The second-order valence-corrected chi connectivity index (χ2v) is 4.36. The minimum absolute atomic E-state index is 0.211. The van der Waals surface area contributed by atoms with Crippen LogP contribution in [-0.4, -0.2) is 18.6 Å². The molecule has 4 nitrogen and oxygen atoms in total. The van der Waals surface area contributed by atoms with E-state index in [0.717, 1.165) is 30.0 Å². The average molecular weight is 275 g/mol. The molecular weight excluding hydrogens is 257 g/mol. The molecule has 1 aromatic carbocycles. The Balaban J connectivity index is 2.13. The van der Waals surface area contributed by atoms with Gasteiger partial charge in [0.15, 0.2) is 11.6 Å². The number of halogens is 1. The highest BCUT2D eigenvalue weighted by Crippen LogP contribution is 2.25. The Morgan fingerprint density at radius 2 is 1.95 bits per heavy atom. The summed E-state index contributed by atoms with van der Waals surface area (Å²) in [5.41, 5.74) is 2.53. The molecule has 2 rings (SSSR count). The summed E-state index contributed by atoms with van der Waals surface area (Å²) in [6, 6.07) is 6.59. The molecule has 0 amide bonds. The van der Waals surface area contributed by atoms with Crippen LogP contribution in [0.25, 0.3) is 0 Å². The summed E-state index contributed by atoms with van der Waals surface area (Å²) in [6.45, 7) is 3.00. The molecule has 0 aliphatic heterocycles. The largest absolute Gasteiger partial charge is 0.494 e. The fourth-order valence-corrected chi connectivity index (χ4v) is 1.78. The van der Waals surface area contributed by atoms with Gasteiger partial charge in [0, 0.05) is 18.3 Å². The second-order valence-electron chi connectivity index (χ2n) is 4.36. The van der Waals surface area contributed by atoms with Crippen LogP contribution in [0.4, 0.5) is 21.5 Å². The van der Waals surface area contributed by atoms with Crippen molar-refractivity contribution in [2.24, 2.45) is 0 Å². The number of anilines is 3. The molecule has 106 valence electrons.